The van der Waals surface area contributed by atoms with Gasteiger partial charge in [0.25, 0.3) is 0 Å². The van der Waals surface area contributed by atoms with Crippen molar-refractivity contribution in [3.63, 3.8) is 0 Å². The summed E-state index contributed by atoms with van der Waals surface area (Å²) in [6.07, 6.45) is 0. The maximum atomic E-state index is 11.2. The fourth-order valence-electron chi connectivity index (χ4n) is 2.31. The summed E-state index contributed by atoms with van der Waals surface area (Å²) in [7, 11) is 1.45. The molecule has 0 fully saturated rings. The van der Waals surface area contributed by atoms with E-state index in [1.165, 1.54) is 7.11 Å². The molecule has 0 bridgehead atoms. The number of hydrogen-bond acceptors (Lipinski definition) is 5. The minimum atomic E-state index is -0.962. The van der Waals surface area contributed by atoms with Crippen LogP contribution < -0.4 is 9.64 Å². The van der Waals surface area contributed by atoms with Crippen molar-refractivity contribution < 1.29 is 19.7 Å². The number of phenolic OH excluding ortho intramolecular Hbond substituents is 1. The van der Waals surface area contributed by atoms with Crippen LogP contribution in [0.5, 0.6) is 11.5 Å². The van der Waals surface area contributed by atoms with Crippen molar-refractivity contribution in [2.75, 3.05) is 18.6 Å². The van der Waals surface area contributed by atoms with Gasteiger partial charge >= 0.3 is 5.97 Å². The summed E-state index contributed by atoms with van der Waals surface area (Å²) >= 11 is 4.23. The van der Waals surface area contributed by atoms with Crippen molar-refractivity contribution in [1.82, 2.24) is 0 Å². The van der Waals surface area contributed by atoms with E-state index in [9.17, 15) is 15.0 Å². The number of carbonyl (C=O) groups is 1. The number of methoxy groups -OCH3 is 1. The normalized spacial score (nSPS) is 10.3. The maximum Gasteiger partial charge on any atom is 0.323 e. The fraction of sp³-hybridized carbons (Fsp3) is 0.188. The molecule has 5 nitrogen and oxygen atoms in total. The first-order valence-electron chi connectivity index (χ1n) is 6.59. The van der Waals surface area contributed by atoms with Crippen LogP contribution in [-0.4, -0.2) is 29.8 Å². The monoisotopic (exact) mass is 319 g/mol. The number of nitrogens with zero attached hydrogens (tertiary/aromatic N) is 1. The molecule has 2 aromatic carbocycles. The van der Waals surface area contributed by atoms with E-state index in [2.05, 4.69) is 12.6 Å². The highest BCUT2D eigenvalue weighted by Gasteiger charge is 2.21. The molecule has 0 aliphatic heterocycles. The van der Waals surface area contributed by atoms with Gasteiger partial charge in [0.1, 0.15) is 6.54 Å². The van der Waals surface area contributed by atoms with Gasteiger partial charge in [-0.1, -0.05) is 18.2 Å². The Morgan fingerprint density at radius 3 is 2.50 bits per heavy atom. The van der Waals surface area contributed by atoms with Crippen LogP contribution in [0.25, 0.3) is 0 Å². The second-order valence-corrected chi connectivity index (χ2v) is 5.22. The van der Waals surface area contributed by atoms with Gasteiger partial charge in [0.2, 0.25) is 0 Å². The Kier molecular flexibility index (Phi) is 4.82. The van der Waals surface area contributed by atoms with Gasteiger partial charge < -0.3 is 19.8 Å². The summed E-state index contributed by atoms with van der Waals surface area (Å²) in [4.78, 5) is 13.2. The molecule has 116 valence electrons. The molecule has 2 rings (SSSR count). The summed E-state index contributed by atoms with van der Waals surface area (Å²) in [5, 5.41) is 19.2. The average molecular weight is 319 g/mol. The highest BCUT2D eigenvalue weighted by molar-refractivity contribution is 7.80. The molecule has 2 aromatic rings. The quantitative estimate of drug-likeness (QED) is 0.738. The number of thiol groups is 1. The van der Waals surface area contributed by atoms with E-state index >= 15 is 0 Å². The SMILES string of the molecule is COc1c(C)c(N(CC(=O)O)c2ccccc2)cc(S)c1O. The number of hydrogen-bond donors (Lipinski definition) is 3. The number of aliphatic carboxylic acids is 1. The molecule has 0 unspecified atom stereocenters. The molecule has 0 amide bonds. The molecule has 0 heterocycles. The number of aromatic hydroxyl groups is 1. The zero-order chi connectivity index (χ0) is 16.3. The number of anilines is 2. The van der Waals surface area contributed by atoms with Crippen molar-refractivity contribution in [3.05, 3.63) is 42.0 Å². The molecule has 0 aromatic heterocycles. The van der Waals surface area contributed by atoms with E-state index in [1.807, 2.05) is 30.3 Å². The maximum absolute atomic E-state index is 11.2. The minimum absolute atomic E-state index is 0.0598. The smallest absolute Gasteiger partial charge is 0.323 e. The molecule has 2 N–H and O–H groups in total. The topological polar surface area (TPSA) is 70.0 Å². The molecule has 0 spiro atoms. The Bertz CT molecular complexity index is 688. The predicted octanol–water partition coefficient (Wildman–Crippen LogP) is 3.22. The Morgan fingerprint density at radius 1 is 1.32 bits per heavy atom. The zero-order valence-electron chi connectivity index (χ0n) is 12.3. The fourth-order valence-corrected chi connectivity index (χ4v) is 2.53. The average Bonchev–Trinajstić information content (AvgIpc) is 2.50. The molecule has 22 heavy (non-hydrogen) atoms. The molecule has 6 heteroatoms. The second kappa shape index (κ2) is 6.62. The third-order valence-electron chi connectivity index (χ3n) is 3.31. The lowest BCUT2D eigenvalue weighted by atomic mass is 10.1. The summed E-state index contributed by atoms with van der Waals surface area (Å²) in [6, 6.07) is 10.8. The predicted molar refractivity (Wildman–Crippen MR) is 87.7 cm³/mol. The van der Waals surface area contributed by atoms with Gasteiger partial charge in [-0.15, -0.1) is 12.6 Å². The number of phenols is 1. The Morgan fingerprint density at radius 2 is 1.95 bits per heavy atom. The Balaban J connectivity index is 2.62. The number of ether oxygens (including phenoxy) is 1. The van der Waals surface area contributed by atoms with Crippen molar-refractivity contribution in [3.8, 4) is 11.5 Å². The van der Waals surface area contributed by atoms with Gasteiger partial charge in [0.05, 0.1) is 12.0 Å². The van der Waals surface area contributed by atoms with Gasteiger partial charge in [-0.2, -0.15) is 0 Å². The van der Waals surface area contributed by atoms with E-state index in [-0.39, 0.29) is 18.0 Å². The van der Waals surface area contributed by atoms with Gasteiger partial charge in [0, 0.05) is 16.9 Å². The molecule has 0 saturated heterocycles. The van der Waals surface area contributed by atoms with Crippen molar-refractivity contribution in [1.29, 1.82) is 0 Å². The molecule has 0 aliphatic rings. The molecule has 0 saturated carbocycles. The van der Waals surface area contributed by atoms with Crippen molar-refractivity contribution in [2.24, 2.45) is 0 Å². The number of para-hydroxylation sites is 1. The van der Waals surface area contributed by atoms with E-state index in [4.69, 9.17) is 4.74 Å². The van der Waals surface area contributed by atoms with Crippen LogP contribution in [0.3, 0.4) is 0 Å². The lowest BCUT2D eigenvalue weighted by Gasteiger charge is -2.26. The number of carboxylic acids is 1. The third kappa shape index (κ3) is 3.12. The first kappa shape index (κ1) is 16.0. The molecule has 0 aliphatic carbocycles. The number of benzene rings is 2. The van der Waals surface area contributed by atoms with Crippen LogP contribution >= 0.6 is 12.6 Å². The van der Waals surface area contributed by atoms with Crippen LogP contribution in [0.15, 0.2) is 41.3 Å². The zero-order valence-corrected chi connectivity index (χ0v) is 13.2. The molecule has 0 radical (unpaired) electrons. The van der Waals surface area contributed by atoms with E-state index in [0.29, 0.717) is 16.1 Å². The lowest BCUT2D eigenvalue weighted by molar-refractivity contribution is -0.135. The first-order chi connectivity index (χ1) is 10.5. The van der Waals surface area contributed by atoms with Crippen molar-refractivity contribution >= 4 is 30.0 Å². The van der Waals surface area contributed by atoms with Gasteiger partial charge in [-0.05, 0) is 25.1 Å². The van der Waals surface area contributed by atoms with E-state index in [0.717, 1.165) is 5.69 Å². The molecular weight excluding hydrogens is 302 g/mol. The number of rotatable bonds is 5. The van der Waals surface area contributed by atoms with Gasteiger partial charge in [0.15, 0.2) is 11.5 Å². The van der Waals surface area contributed by atoms with Crippen LogP contribution in [0.4, 0.5) is 11.4 Å². The van der Waals surface area contributed by atoms with E-state index in [1.54, 1.807) is 17.9 Å². The van der Waals surface area contributed by atoms with Crippen LogP contribution in [0, 0.1) is 6.92 Å². The molecular formula is C16H17NO4S. The molecule has 0 atom stereocenters. The minimum Gasteiger partial charge on any atom is -0.503 e. The van der Waals surface area contributed by atoms with Gasteiger partial charge in [-0.25, -0.2) is 0 Å². The van der Waals surface area contributed by atoms with Crippen LogP contribution in [-0.2, 0) is 4.79 Å². The number of carboxylic acid groups (broad SMARTS) is 1. The third-order valence-corrected chi connectivity index (χ3v) is 3.65. The van der Waals surface area contributed by atoms with E-state index < -0.39 is 5.97 Å². The summed E-state index contributed by atoms with van der Waals surface area (Å²) < 4.78 is 5.22. The van der Waals surface area contributed by atoms with Crippen molar-refractivity contribution in [2.45, 2.75) is 11.8 Å². The lowest BCUT2D eigenvalue weighted by Crippen LogP contribution is -2.25. The first-order valence-corrected chi connectivity index (χ1v) is 7.04. The summed E-state index contributed by atoms with van der Waals surface area (Å²) in [5.74, 6) is -0.736. The Labute approximate surface area is 134 Å². The highest BCUT2D eigenvalue weighted by atomic mass is 32.1. The largest absolute Gasteiger partial charge is 0.503 e. The summed E-state index contributed by atoms with van der Waals surface area (Å²) in [5.41, 5.74) is 1.99. The standard InChI is InChI=1S/C16H17NO4S/c1-10-12(8-13(22)15(20)16(10)21-2)17(9-14(18)19)11-6-4-3-5-7-11/h3-8,20,22H,9H2,1-2H3,(H,18,19). The highest BCUT2D eigenvalue weighted by Crippen LogP contribution is 2.43. The Hall–Kier alpha value is -2.34. The van der Waals surface area contributed by atoms with Crippen LogP contribution in [0.1, 0.15) is 5.56 Å². The summed E-state index contributed by atoms with van der Waals surface area (Å²) in [6.45, 7) is 1.55. The van der Waals surface area contributed by atoms with Crippen LogP contribution in [0.2, 0.25) is 0 Å². The second-order valence-electron chi connectivity index (χ2n) is 4.74. The van der Waals surface area contributed by atoms with Gasteiger partial charge in [-0.3, -0.25) is 4.79 Å².